The van der Waals surface area contributed by atoms with Crippen molar-refractivity contribution in [2.45, 2.75) is 12.6 Å². The Morgan fingerprint density at radius 1 is 1.18 bits per heavy atom. The Kier molecular flexibility index (Phi) is 7.72. The second kappa shape index (κ2) is 9.80. The third-order valence-corrected chi connectivity index (χ3v) is 4.48. The molecule has 0 bridgehead atoms. The minimum atomic E-state index is -4.57. The van der Waals surface area contributed by atoms with Gasteiger partial charge in [-0.1, -0.05) is 0 Å². The predicted octanol–water partition coefficient (Wildman–Crippen LogP) is 0.740. The van der Waals surface area contributed by atoms with Crippen molar-refractivity contribution < 1.29 is 33.0 Å². The van der Waals surface area contributed by atoms with E-state index in [1.807, 2.05) is 4.90 Å². The van der Waals surface area contributed by atoms with Crippen LogP contribution in [0.3, 0.4) is 0 Å². The van der Waals surface area contributed by atoms with Gasteiger partial charge in [0.25, 0.3) is 0 Å². The van der Waals surface area contributed by atoms with Crippen LogP contribution in [0.4, 0.5) is 18.9 Å². The average Bonchev–Trinajstić information content (AvgIpc) is 2.62. The zero-order valence-electron chi connectivity index (χ0n) is 15.2. The molecule has 0 aliphatic carbocycles. The number of hydrogen-bond acceptors (Lipinski definition) is 6. The molecule has 1 atom stereocenters. The van der Waals surface area contributed by atoms with Crippen molar-refractivity contribution in [3.05, 3.63) is 24.0 Å². The molecule has 1 aromatic rings. The molecule has 2 heterocycles. The van der Waals surface area contributed by atoms with E-state index >= 15 is 0 Å². The van der Waals surface area contributed by atoms with E-state index in [0.29, 0.717) is 32.7 Å². The van der Waals surface area contributed by atoms with Crippen molar-refractivity contribution in [1.82, 2.24) is 14.8 Å². The Morgan fingerprint density at radius 2 is 1.82 bits per heavy atom. The number of carbonyl (C=O) groups is 2. The number of pyridine rings is 1. The monoisotopic (exact) mass is 404 g/mol. The molecule has 11 heteroatoms. The number of aliphatic hydroxyl groups excluding tert-OH is 1. The summed E-state index contributed by atoms with van der Waals surface area (Å²) < 4.78 is 37.5. The van der Waals surface area contributed by atoms with Gasteiger partial charge in [0.1, 0.15) is 5.69 Å². The number of amides is 1. The van der Waals surface area contributed by atoms with E-state index in [4.69, 9.17) is 5.11 Å². The number of nitrogens with zero attached hydrogens (tertiary/aromatic N) is 3. The van der Waals surface area contributed by atoms with Crippen LogP contribution in [0, 0.1) is 5.92 Å². The Labute approximate surface area is 160 Å². The number of carboxylic acid groups (broad SMARTS) is 1. The highest BCUT2D eigenvalue weighted by Crippen LogP contribution is 2.27. The zero-order chi connectivity index (χ0) is 20.7. The maximum absolute atomic E-state index is 12.5. The topological polar surface area (TPSA) is 106 Å². The Morgan fingerprint density at radius 3 is 2.32 bits per heavy atom. The van der Waals surface area contributed by atoms with Crippen LogP contribution in [0.25, 0.3) is 0 Å². The Bertz CT molecular complexity index is 661. The van der Waals surface area contributed by atoms with E-state index in [-0.39, 0.29) is 25.3 Å². The molecule has 0 radical (unpaired) electrons. The molecule has 2 rings (SSSR count). The first-order valence-corrected chi connectivity index (χ1v) is 8.80. The van der Waals surface area contributed by atoms with E-state index in [9.17, 15) is 27.9 Å². The molecular formula is C17H23F3N4O4. The number of aliphatic hydroxyl groups is 1. The van der Waals surface area contributed by atoms with Crippen LogP contribution in [-0.4, -0.2) is 82.7 Å². The molecule has 8 nitrogen and oxygen atoms in total. The number of aromatic nitrogens is 1. The summed E-state index contributed by atoms with van der Waals surface area (Å²) in [5.41, 5.74) is -1.01. The van der Waals surface area contributed by atoms with Gasteiger partial charge in [0.05, 0.1) is 24.4 Å². The molecule has 1 unspecified atom stereocenters. The first-order chi connectivity index (χ1) is 13.2. The summed E-state index contributed by atoms with van der Waals surface area (Å²) in [5.74, 6) is -2.65. The highest BCUT2D eigenvalue weighted by Gasteiger charge is 2.32. The summed E-state index contributed by atoms with van der Waals surface area (Å²) in [6.07, 6.45) is -3.98. The quantitative estimate of drug-likeness (QED) is 0.587. The van der Waals surface area contributed by atoms with Crippen molar-refractivity contribution in [3.8, 4) is 0 Å². The summed E-state index contributed by atoms with van der Waals surface area (Å²) in [7, 11) is 0. The zero-order valence-corrected chi connectivity index (χ0v) is 15.2. The lowest BCUT2D eigenvalue weighted by Crippen LogP contribution is -2.49. The molecule has 0 saturated carbocycles. The number of aliphatic carboxylic acids is 1. The van der Waals surface area contributed by atoms with Crippen LogP contribution in [0.15, 0.2) is 18.3 Å². The summed E-state index contributed by atoms with van der Waals surface area (Å²) in [6.45, 7) is 3.51. The normalized spacial score (nSPS) is 17.3. The van der Waals surface area contributed by atoms with Crippen molar-refractivity contribution in [3.63, 3.8) is 0 Å². The van der Waals surface area contributed by atoms with Crippen molar-refractivity contribution in [2.75, 3.05) is 51.2 Å². The van der Waals surface area contributed by atoms with Crippen LogP contribution in [0.1, 0.15) is 12.1 Å². The number of β-amino-alcohol motifs (C(OH)–C–C–N with tert-alkyl or cyclic N) is 1. The Hall–Kier alpha value is -2.24. The smallest absolute Gasteiger partial charge is 0.433 e. The van der Waals surface area contributed by atoms with Gasteiger partial charge in [-0.05, 0) is 12.1 Å². The largest absolute Gasteiger partial charge is 0.481 e. The van der Waals surface area contributed by atoms with Crippen LogP contribution in [0.5, 0.6) is 0 Å². The Balaban J connectivity index is 1.86. The third-order valence-electron chi connectivity index (χ3n) is 4.48. The molecular weight excluding hydrogens is 381 g/mol. The van der Waals surface area contributed by atoms with Gasteiger partial charge in [-0.25, -0.2) is 4.98 Å². The van der Waals surface area contributed by atoms with E-state index < -0.39 is 29.7 Å². The molecule has 1 saturated heterocycles. The summed E-state index contributed by atoms with van der Waals surface area (Å²) >= 11 is 0. The molecule has 0 spiro atoms. The van der Waals surface area contributed by atoms with Crippen LogP contribution >= 0.6 is 0 Å². The number of hydrogen-bond donors (Lipinski definition) is 3. The number of anilines is 1. The lowest BCUT2D eigenvalue weighted by Gasteiger charge is -2.35. The lowest BCUT2D eigenvalue weighted by atomic mass is 10.0. The number of halogens is 3. The summed E-state index contributed by atoms with van der Waals surface area (Å²) in [4.78, 5) is 30.9. The maximum atomic E-state index is 12.5. The van der Waals surface area contributed by atoms with E-state index in [2.05, 4.69) is 15.2 Å². The average molecular weight is 404 g/mol. The van der Waals surface area contributed by atoms with Gasteiger partial charge in [0.15, 0.2) is 0 Å². The highest BCUT2D eigenvalue weighted by molar-refractivity contribution is 5.93. The standard InChI is InChI=1S/C17H23F3N4O4/c18-17(19,20)14-2-1-13(10-21-14)22-15(26)9-12(16(27)28)11-24-5-3-23(4-6-24)7-8-25/h1-2,10,12,25H,3-9,11H2,(H,22,26)(H,27,28). The molecule has 1 aliphatic heterocycles. The van der Waals surface area contributed by atoms with Gasteiger partial charge >= 0.3 is 12.1 Å². The van der Waals surface area contributed by atoms with E-state index in [1.54, 1.807) is 0 Å². The fourth-order valence-corrected chi connectivity index (χ4v) is 2.95. The molecule has 28 heavy (non-hydrogen) atoms. The van der Waals surface area contributed by atoms with Crippen molar-refractivity contribution in [2.24, 2.45) is 5.92 Å². The van der Waals surface area contributed by atoms with Gasteiger partial charge in [-0.2, -0.15) is 13.2 Å². The SMILES string of the molecule is O=C(CC(CN1CCN(CCO)CC1)C(=O)O)Nc1ccc(C(F)(F)F)nc1. The molecule has 1 amide bonds. The first-order valence-electron chi connectivity index (χ1n) is 8.80. The highest BCUT2D eigenvalue weighted by atomic mass is 19.4. The number of rotatable bonds is 8. The second-order valence-electron chi connectivity index (χ2n) is 6.58. The number of carbonyl (C=O) groups excluding carboxylic acids is 1. The fourth-order valence-electron chi connectivity index (χ4n) is 2.95. The first kappa shape index (κ1) is 22.1. The van der Waals surface area contributed by atoms with E-state index in [0.717, 1.165) is 18.3 Å². The minimum Gasteiger partial charge on any atom is -0.481 e. The second-order valence-corrected chi connectivity index (χ2v) is 6.58. The van der Waals surface area contributed by atoms with E-state index in [1.165, 1.54) is 0 Å². The molecule has 156 valence electrons. The van der Waals surface area contributed by atoms with Gasteiger partial charge in [-0.3, -0.25) is 19.4 Å². The van der Waals surface area contributed by atoms with Crippen LogP contribution < -0.4 is 5.32 Å². The number of nitrogens with one attached hydrogen (secondary N) is 1. The maximum Gasteiger partial charge on any atom is 0.433 e. The van der Waals surface area contributed by atoms with Gasteiger partial charge in [-0.15, -0.1) is 0 Å². The lowest BCUT2D eigenvalue weighted by molar-refractivity contribution is -0.144. The van der Waals surface area contributed by atoms with Crippen molar-refractivity contribution >= 4 is 17.6 Å². The molecule has 1 aromatic heterocycles. The van der Waals surface area contributed by atoms with Gasteiger partial charge in [0.2, 0.25) is 5.91 Å². The van der Waals surface area contributed by atoms with Gasteiger partial charge < -0.3 is 15.5 Å². The minimum absolute atomic E-state index is 0.0662. The number of carboxylic acids is 1. The molecule has 1 aliphatic rings. The molecule has 1 fully saturated rings. The fraction of sp³-hybridized carbons (Fsp3) is 0.588. The van der Waals surface area contributed by atoms with Crippen LogP contribution in [0.2, 0.25) is 0 Å². The third kappa shape index (κ3) is 6.73. The molecule has 0 aromatic carbocycles. The number of piperazine rings is 1. The number of alkyl halides is 3. The van der Waals surface area contributed by atoms with Gasteiger partial charge in [0, 0.05) is 45.7 Å². The molecule has 3 N–H and O–H groups in total. The summed E-state index contributed by atoms with van der Waals surface area (Å²) in [5, 5.41) is 20.7. The van der Waals surface area contributed by atoms with Crippen LogP contribution in [-0.2, 0) is 15.8 Å². The predicted molar refractivity (Wildman–Crippen MR) is 93.6 cm³/mol. The van der Waals surface area contributed by atoms with Crippen molar-refractivity contribution in [1.29, 1.82) is 0 Å². The summed E-state index contributed by atoms with van der Waals surface area (Å²) in [6, 6.07) is 1.82.